The van der Waals surface area contributed by atoms with E-state index < -0.39 is 0 Å². The Labute approximate surface area is 208 Å². The van der Waals surface area contributed by atoms with Gasteiger partial charge in [-0.1, -0.05) is 18.2 Å². The van der Waals surface area contributed by atoms with E-state index in [0.29, 0.717) is 29.2 Å². The lowest BCUT2D eigenvalue weighted by molar-refractivity contribution is 0.0605. The van der Waals surface area contributed by atoms with Crippen molar-refractivity contribution in [3.63, 3.8) is 0 Å². The Morgan fingerprint density at radius 2 is 1.97 bits per heavy atom. The molecule has 0 radical (unpaired) electrons. The highest BCUT2D eigenvalue weighted by Crippen LogP contribution is 2.37. The molecule has 0 aliphatic carbocycles. The van der Waals surface area contributed by atoms with Gasteiger partial charge in [0.15, 0.2) is 0 Å². The third kappa shape index (κ3) is 4.39. The largest absolute Gasteiger partial charge is 0.397 e. The molecule has 35 heavy (non-hydrogen) atoms. The van der Waals surface area contributed by atoms with E-state index in [1.54, 1.807) is 20.3 Å². The smallest absolute Gasteiger partial charge is 0.265 e. The first-order valence-corrected chi connectivity index (χ1v) is 12.5. The van der Waals surface area contributed by atoms with Crippen LogP contribution < -0.4 is 5.73 Å². The number of piperidine rings is 1. The summed E-state index contributed by atoms with van der Waals surface area (Å²) >= 11 is 1.31. The Morgan fingerprint density at radius 3 is 2.74 bits per heavy atom. The third-order valence-corrected chi connectivity index (χ3v) is 7.56. The predicted molar refractivity (Wildman–Crippen MR) is 137 cm³/mol. The molecule has 3 aromatic heterocycles. The monoisotopic (exact) mass is 488 g/mol. The number of anilines is 1. The minimum Gasteiger partial charge on any atom is -0.397 e. The van der Waals surface area contributed by atoms with Crippen molar-refractivity contribution < 1.29 is 9.59 Å². The molecule has 1 aliphatic heterocycles. The van der Waals surface area contributed by atoms with Crippen LogP contribution in [0.5, 0.6) is 0 Å². The number of carbonyl (C=O) groups is 2. The number of hydrogen-bond donors (Lipinski definition) is 1. The molecule has 9 heteroatoms. The maximum atomic E-state index is 13.8. The number of hydrogen-bond acceptors (Lipinski definition) is 6. The summed E-state index contributed by atoms with van der Waals surface area (Å²) < 4.78 is 1.82. The Bertz CT molecular complexity index is 1380. The lowest BCUT2D eigenvalue weighted by atomic mass is 9.96. The molecule has 180 valence electrons. The topological polar surface area (TPSA) is 97.4 Å². The fourth-order valence-corrected chi connectivity index (χ4v) is 5.75. The number of nitrogens with zero attached hydrogens (tertiary/aromatic N) is 5. The molecule has 4 aromatic rings. The molecular weight excluding hydrogens is 460 g/mol. The van der Waals surface area contributed by atoms with E-state index in [2.05, 4.69) is 5.10 Å². The Balaban J connectivity index is 1.48. The number of rotatable bonds is 5. The first-order valence-electron chi connectivity index (χ1n) is 11.7. The number of amides is 2. The standard InChI is InChI=1S/C26H28N6O2S/c1-30(2)26(34)23-22(27)19-11-12-20(29-24(19)35-23)21-10-5-6-15-32(21)25(33)18-9-4-3-8-17(18)16-31-14-7-13-28-31/h3-4,7-9,11-14,21H,5-6,10,15-16,27H2,1-2H3/t21-/m1/s1. The maximum Gasteiger partial charge on any atom is 0.265 e. The summed E-state index contributed by atoms with van der Waals surface area (Å²) in [6.45, 7) is 1.21. The van der Waals surface area contributed by atoms with E-state index in [-0.39, 0.29) is 17.9 Å². The molecule has 2 N–H and O–H groups in total. The fraction of sp³-hybridized carbons (Fsp3) is 0.308. The molecule has 5 rings (SSSR count). The van der Waals surface area contributed by atoms with Gasteiger partial charge in [0, 0.05) is 44.0 Å². The van der Waals surface area contributed by atoms with E-state index in [4.69, 9.17) is 10.7 Å². The van der Waals surface area contributed by atoms with Crippen molar-refractivity contribution in [3.05, 3.63) is 76.6 Å². The van der Waals surface area contributed by atoms with Gasteiger partial charge in [0.1, 0.15) is 9.71 Å². The van der Waals surface area contributed by atoms with Crippen LogP contribution in [0.3, 0.4) is 0 Å². The van der Waals surface area contributed by atoms with Gasteiger partial charge in [-0.05, 0) is 49.1 Å². The molecular formula is C26H28N6O2S. The Kier molecular flexibility index (Phi) is 6.25. The SMILES string of the molecule is CN(C)C(=O)c1sc2nc([C@H]3CCCCN3C(=O)c3ccccc3Cn3cccn3)ccc2c1N. The number of nitrogen functional groups attached to an aromatic ring is 1. The van der Waals surface area contributed by atoms with Gasteiger partial charge in [0.25, 0.3) is 11.8 Å². The normalized spacial score (nSPS) is 15.9. The zero-order valence-electron chi connectivity index (χ0n) is 19.8. The molecule has 1 atom stereocenters. The van der Waals surface area contributed by atoms with Gasteiger partial charge in [-0.15, -0.1) is 11.3 Å². The summed E-state index contributed by atoms with van der Waals surface area (Å²) in [6.07, 6.45) is 6.46. The van der Waals surface area contributed by atoms with Crippen LogP contribution in [0.25, 0.3) is 10.2 Å². The molecule has 0 bridgehead atoms. The number of aromatic nitrogens is 3. The van der Waals surface area contributed by atoms with Crippen LogP contribution in [0.2, 0.25) is 0 Å². The van der Waals surface area contributed by atoms with Gasteiger partial charge in [-0.2, -0.15) is 5.10 Å². The Morgan fingerprint density at radius 1 is 1.14 bits per heavy atom. The minimum absolute atomic E-state index is 0.00789. The van der Waals surface area contributed by atoms with Crippen molar-refractivity contribution in [1.29, 1.82) is 0 Å². The number of nitrogens with two attached hydrogens (primary N) is 1. The van der Waals surface area contributed by atoms with E-state index in [9.17, 15) is 9.59 Å². The fourth-order valence-electron chi connectivity index (χ4n) is 4.63. The zero-order chi connectivity index (χ0) is 24.5. The quantitative estimate of drug-likeness (QED) is 0.454. The van der Waals surface area contributed by atoms with Gasteiger partial charge >= 0.3 is 0 Å². The zero-order valence-corrected chi connectivity index (χ0v) is 20.7. The highest BCUT2D eigenvalue weighted by molar-refractivity contribution is 7.21. The first-order chi connectivity index (χ1) is 16.9. The number of carbonyl (C=O) groups excluding carboxylic acids is 2. The van der Waals surface area contributed by atoms with Crippen LogP contribution in [0.1, 0.15) is 56.6 Å². The molecule has 1 fully saturated rings. The van der Waals surface area contributed by atoms with Crippen LogP contribution >= 0.6 is 11.3 Å². The lowest BCUT2D eigenvalue weighted by Gasteiger charge is -2.36. The molecule has 4 heterocycles. The molecule has 8 nitrogen and oxygen atoms in total. The van der Waals surface area contributed by atoms with Crippen molar-refractivity contribution in [2.24, 2.45) is 0 Å². The van der Waals surface area contributed by atoms with Gasteiger partial charge in [-0.25, -0.2) is 4.98 Å². The molecule has 0 unspecified atom stereocenters. The highest BCUT2D eigenvalue weighted by Gasteiger charge is 2.31. The number of likely N-dealkylation sites (tertiary alicyclic amines) is 1. The van der Waals surface area contributed by atoms with Crippen LogP contribution in [-0.2, 0) is 6.54 Å². The lowest BCUT2D eigenvalue weighted by Crippen LogP contribution is -2.39. The van der Waals surface area contributed by atoms with E-state index in [1.165, 1.54) is 16.2 Å². The van der Waals surface area contributed by atoms with Gasteiger partial charge in [0.05, 0.1) is 24.0 Å². The van der Waals surface area contributed by atoms with E-state index in [1.807, 2.05) is 58.2 Å². The second-order valence-corrected chi connectivity index (χ2v) is 10.0. The third-order valence-electron chi connectivity index (χ3n) is 6.46. The van der Waals surface area contributed by atoms with Crippen LogP contribution in [-0.4, -0.2) is 57.0 Å². The van der Waals surface area contributed by atoms with E-state index >= 15 is 0 Å². The molecule has 0 saturated carbocycles. The summed E-state index contributed by atoms with van der Waals surface area (Å²) in [5.41, 5.74) is 9.21. The van der Waals surface area contributed by atoms with Crippen molar-refractivity contribution >= 4 is 39.1 Å². The summed E-state index contributed by atoms with van der Waals surface area (Å²) in [4.78, 5) is 35.9. The Hall–Kier alpha value is -3.72. The van der Waals surface area contributed by atoms with Gasteiger partial charge in [-0.3, -0.25) is 14.3 Å². The number of fused-ring (bicyclic) bond motifs is 1. The number of benzene rings is 1. The average molecular weight is 489 g/mol. The molecule has 1 saturated heterocycles. The first kappa shape index (κ1) is 23.0. The minimum atomic E-state index is -0.130. The van der Waals surface area contributed by atoms with Crippen molar-refractivity contribution in [3.8, 4) is 0 Å². The van der Waals surface area contributed by atoms with Crippen LogP contribution in [0.4, 0.5) is 5.69 Å². The summed E-state index contributed by atoms with van der Waals surface area (Å²) in [5.74, 6) is -0.121. The number of thiophene rings is 1. The number of pyridine rings is 1. The van der Waals surface area contributed by atoms with Crippen LogP contribution in [0.15, 0.2) is 54.9 Å². The molecule has 0 spiro atoms. The van der Waals surface area contributed by atoms with Gasteiger partial charge in [0.2, 0.25) is 0 Å². The predicted octanol–water partition coefficient (Wildman–Crippen LogP) is 4.19. The van der Waals surface area contributed by atoms with E-state index in [0.717, 1.165) is 40.7 Å². The molecule has 1 aromatic carbocycles. The van der Waals surface area contributed by atoms with Crippen molar-refractivity contribution in [2.45, 2.75) is 31.8 Å². The summed E-state index contributed by atoms with van der Waals surface area (Å²) in [6, 6.07) is 13.3. The molecule has 2 amide bonds. The molecule has 1 aliphatic rings. The van der Waals surface area contributed by atoms with Gasteiger partial charge < -0.3 is 15.5 Å². The highest BCUT2D eigenvalue weighted by atomic mass is 32.1. The van der Waals surface area contributed by atoms with Crippen molar-refractivity contribution in [1.82, 2.24) is 24.6 Å². The summed E-state index contributed by atoms with van der Waals surface area (Å²) in [5, 5.41) is 5.07. The maximum absolute atomic E-state index is 13.8. The van der Waals surface area contributed by atoms with Crippen molar-refractivity contribution in [2.75, 3.05) is 26.4 Å². The van der Waals surface area contributed by atoms with Crippen LogP contribution in [0, 0.1) is 0 Å². The average Bonchev–Trinajstić information content (AvgIpc) is 3.51. The second kappa shape index (κ2) is 9.50. The second-order valence-electron chi connectivity index (χ2n) is 9.00. The summed E-state index contributed by atoms with van der Waals surface area (Å²) in [7, 11) is 3.42.